The van der Waals surface area contributed by atoms with Crippen molar-refractivity contribution >= 4 is 11.8 Å². The van der Waals surface area contributed by atoms with Crippen molar-refractivity contribution in [2.75, 3.05) is 18.4 Å². The van der Waals surface area contributed by atoms with E-state index >= 15 is 0 Å². The predicted molar refractivity (Wildman–Crippen MR) is 97.2 cm³/mol. The van der Waals surface area contributed by atoms with Crippen LogP contribution in [0.4, 0.5) is 10.6 Å². The second-order valence-corrected chi connectivity index (χ2v) is 6.42. The van der Waals surface area contributed by atoms with E-state index in [0.717, 1.165) is 30.8 Å². The van der Waals surface area contributed by atoms with Crippen LogP contribution < -0.4 is 10.6 Å². The zero-order valence-corrected chi connectivity index (χ0v) is 14.4. The molecule has 25 heavy (non-hydrogen) atoms. The molecule has 0 bridgehead atoms. The quantitative estimate of drug-likeness (QED) is 0.780. The number of urea groups is 1. The third-order valence-electron chi connectivity index (χ3n) is 4.33. The van der Waals surface area contributed by atoms with Crippen molar-refractivity contribution in [1.29, 1.82) is 0 Å². The monoisotopic (exact) mass is 340 g/mol. The van der Waals surface area contributed by atoms with Gasteiger partial charge >= 0.3 is 6.03 Å². The van der Waals surface area contributed by atoms with Gasteiger partial charge < -0.3 is 10.4 Å². The van der Waals surface area contributed by atoms with Gasteiger partial charge in [0.2, 0.25) is 0 Å². The molecule has 0 saturated carbocycles. The van der Waals surface area contributed by atoms with Gasteiger partial charge in [0.15, 0.2) is 0 Å². The lowest BCUT2D eigenvalue weighted by atomic mass is 10.1. The number of hydrogen-bond acceptors (Lipinski definition) is 4. The summed E-state index contributed by atoms with van der Waals surface area (Å²) >= 11 is 0. The maximum absolute atomic E-state index is 12.1. The van der Waals surface area contributed by atoms with Crippen LogP contribution in [-0.2, 0) is 13.1 Å². The third-order valence-corrected chi connectivity index (χ3v) is 4.33. The highest BCUT2D eigenvalue weighted by Gasteiger charge is 2.20. The van der Waals surface area contributed by atoms with Gasteiger partial charge in [-0.1, -0.05) is 30.3 Å². The summed E-state index contributed by atoms with van der Waals surface area (Å²) in [6.45, 7) is 4.73. The Morgan fingerprint density at radius 3 is 2.76 bits per heavy atom. The molecular formula is C19H24N4O2. The van der Waals surface area contributed by atoms with Gasteiger partial charge in [0.05, 0.1) is 6.10 Å². The number of aliphatic hydroxyl groups excluding tert-OH is 1. The van der Waals surface area contributed by atoms with Gasteiger partial charge in [0, 0.05) is 31.9 Å². The summed E-state index contributed by atoms with van der Waals surface area (Å²) in [5, 5.41) is 15.3. The number of benzene rings is 1. The van der Waals surface area contributed by atoms with Gasteiger partial charge in [-0.3, -0.25) is 10.2 Å². The first-order chi connectivity index (χ1) is 12.1. The molecule has 1 aliphatic rings. The summed E-state index contributed by atoms with van der Waals surface area (Å²) in [5.74, 6) is 0.539. The van der Waals surface area contributed by atoms with Crippen molar-refractivity contribution in [3.8, 4) is 0 Å². The van der Waals surface area contributed by atoms with Gasteiger partial charge in [-0.15, -0.1) is 0 Å². The first kappa shape index (κ1) is 17.4. The molecule has 2 aromatic rings. The number of aliphatic hydroxyl groups is 1. The Kier molecular flexibility index (Phi) is 5.63. The van der Waals surface area contributed by atoms with Gasteiger partial charge in [-0.25, -0.2) is 9.78 Å². The Bertz CT molecular complexity index is 735. The molecule has 1 aromatic heterocycles. The highest BCUT2D eigenvalue weighted by Crippen LogP contribution is 2.16. The van der Waals surface area contributed by atoms with E-state index in [1.807, 2.05) is 37.3 Å². The molecule has 1 saturated heterocycles. The Labute approximate surface area is 147 Å². The normalized spacial score (nSPS) is 17.4. The number of anilines is 1. The number of amides is 2. The average molecular weight is 340 g/mol. The zero-order chi connectivity index (χ0) is 17.6. The third kappa shape index (κ3) is 5.01. The molecule has 0 aliphatic carbocycles. The fraction of sp³-hybridized carbons (Fsp3) is 0.368. The molecule has 6 heteroatoms. The summed E-state index contributed by atoms with van der Waals surface area (Å²) in [7, 11) is 0. The highest BCUT2D eigenvalue weighted by atomic mass is 16.3. The van der Waals surface area contributed by atoms with Crippen molar-refractivity contribution in [1.82, 2.24) is 15.2 Å². The number of pyridine rings is 1. The molecule has 1 fully saturated rings. The second kappa shape index (κ2) is 8.09. The van der Waals surface area contributed by atoms with E-state index in [1.54, 1.807) is 6.07 Å². The minimum absolute atomic E-state index is 0.224. The summed E-state index contributed by atoms with van der Waals surface area (Å²) in [5.41, 5.74) is 3.11. The van der Waals surface area contributed by atoms with E-state index in [2.05, 4.69) is 26.6 Å². The lowest BCUT2D eigenvalue weighted by Gasteiger charge is -2.18. The Morgan fingerprint density at radius 2 is 2.04 bits per heavy atom. The molecule has 3 N–H and O–H groups in total. The van der Waals surface area contributed by atoms with Crippen LogP contribution in [0.15, 0.2) is 42.5 Å². The molecule has 2 heterocycles. The number of nitrogens with zero attached hydrogens (tertiary/aromatic N) is 2. The highest BCUT2D eigenvalue weighted by molar-refractivity contribution is 5.88. The average Bonchev–Trinajstić information content (AvgIpc) is 2.99. The standard InChI is InChI=1S/C19H24N4O2/c1-14-5-4-8-18(21-14)22-19(25)20-11-15-6-2-3-7-16(15)12-23-10-9-17(24)13-23/h2-8,17,24H,9-13H2,1H3,(H2,20,21,22,25)/t17-/m0/s1. The number of hydrogen-bond donors (Lipinski definition) is 3. The van der Waals surface area contributed by atoms with Crippen molar-refractivity contribution < 1.29 is 9.90 Å². The van der Waals surface area contributed by atoms with Crippen LogP contribution in [0.2, 0.25) is 0 Å². The summed E-state index contributed by atoms with van der Waals surface area (Å²) in [4.78, 5) is 18.6. The molecule has 0 radical (unpaired) electrons. The number of nitrogens with one attached hydrogen (secondary N) is 2. The molecular weight excluding hydrogens is 316 g/mol. The second-order valence-electron chi connectivity index (χ2n) is 6.42. The summed E-state index contributed by atoms with van der Waals surface area (Å²) < 4.78 is 0. The first-order valence-corrected chi connectivity index (χ1v) is 8.56. The molecule has 1 aliphatic heterocycles. The van der Waals surface area contributed by atoms with Crippen LogP contribution >= 0.6 is 0 Å². The number of rotatable bonds is 5. The number of carbonyl (C=O) groups excluding carboxylic acids is 1. The van der Waals surface area contributed by atoms with E-state index in [4.69, 9.17) is 0 Å². The smallest absolute Gasteiger partial charge is 0.320 e. The minimum atomic E-state index is -0.274. The lowest BCUT2D eigenvalue weighted by molar-refractivity contribution is 0.174. The minimum Gasteiger partial charge on any atom is -0.392 e. The van der Waals surface area contributed by atoms with Crippen molar-refractivity contribution in [2.24, 2.45) is 0 Å². The van der Waals surface area contributed by atoms with E-state index in [0.29, 0.717) is 18.9 Å². The molecule has 1 atom stereocenters. The Morgan fingerprint density at radius 1 is 1.24 bits per heavy atom. The predicted octanol–water partition coefficient (Wildman–Crippen LogP) is 2.28. The van der Waals surface area contributed by atoms with Gasteiger partial charge in [-0.2, -0.15) is 0 Å². The number of likely N-dealkylation sites (tertiary alicyclic amines) is 1. The molecule has 2 amide bonds. The Hall–Kier alpha value is -2.44. The van der Waals surface area contributed by atoms with Crippen LogP contribution in [0.1, 0.15) is 23.2 Å². The molecule has 0 spiro atoms. The van der Waals surface area contributed by atoms with Crippen LogP contribution in [0.3, 0.4) is 0 Å². The number of aromatic nitrogens is 1. The van der Waals surface area contributed by atoms with E-state index in [9.17, 15) is 9.90 Å². The fourth-order valence-electron chi connectivity index (χ4n) is 3.03. The molecule has 3 rings (SSSR count). The SMILES string of the molecule is Cc1cccc(NC(=O)NCc2ccccc2CN2CC[C@H](O)C2)n1. The first-order valence-electron chi connectivity index (χ1n) is 8.56. The van der Waals surface area contributed by atoms with Crippen LogP contribution in [0.25, 0.3) is 0 Å². The molecule has 132 valence electrons. The topological polar surface area (TPSA) is 77.5 Å². The number of carbonyl (C=O) groups is 1. The zero-order valence-electron chi connectivity index (χ0n) is 14.4. The summed E-state index contributed by atoms with van der Waals surface area (Å²) in [6.07, 6.45) is 0.602. The Balaban J connectivity index is 1.56. The van der Waals surface area contributed by atoms with E-state index in [1.165, 1.54) is 5.56 Å². The van der Waals surface area contributed by atoms with Crippen LogP contribution in [0, 0.1) is 6.92 Å². The van der Waals surface area contributed by atoms with Crippen LogP contribution in [-0.4, -0.2) is 40.2 Å². The largest absolute Gasteiger partial charge is 0.392 e. The number of β-amino-alcohol motifs (C(OH)–C–C–N with tert-alkyl or cyclic N) is 1. The lowest BCUT2D eigenvalue weighted by Crippen LogP contribution is -2.29. The molecule has 1 aromatic carbocycles. The van der Waals surface area contributed by atoms with Crippen molar-refractivity contribution in [2.45, 2.75) is 32.5 Å². The molecule has 6 nitrogen and oxygen atoms in total. The van der Waals surface area contributed by atoms with Gasteiger partial charge in [0.25, 0.3) is 0 Å². The number of aryl methyl sites for hydroxylation is 1. The van der Waals surface area contributed by atoms with Crippen molar-refractivity contribution in [3.05, 3.63) is 59.3 Å². The van der Waals surface area contributed by atoms with Gasteiger partial charge in [-0.05, 0) is 36.6 Å². The van der Waals surface area contributed by atoms with Crippen LogP contribution in [0.5, 0.6) is 0 Å². The maximum Gasteiger partial charge on any atom is 0.320 e. The van der Waals surface area contributed by atoms with Gasteiger partial charge in [0.1, 0.15) is 5.82 Å². The fourth-order valence-corrected chi connectivity index (χ4v) is 3.03. The van der Waals surface area contributed by atoms with E-state index in [-0.39, 0.29) is 12.1 Å². The van der Waals surface area contributed by atoms with E-state index < -0.39 is 0 Å². The molecule has 0 unspecified atom stereocenters. The maximum atomic E-state index is 12.1. The summed E-state index contributed by atoms with van der Waals surface area (Å²) in [6, 6.07) is 13.3. The van der Waals surface area contributed by atoms with Crippen molar-refractivity contribution in [3.63, 3.8) is 0 Å².